The first-order valence-electron chi connectivity index (χ1n) is 7.11. The molecule has 0 bridgehead atoms. The van der Waals surface area contributed by atoms with Gasteiger partial charge in [0.1, 0.15) is 17.5 Å². The minimum atomic E-state index is 0.523. The van der Waals surface area contributed by atoms with Crippen LogP contribution in [0.2, 0.25) is 0 Å². The molecular weight excluding hydrogens is 238 g/mol. The molecule has 1 fully saturated rings. The highest BCUT2D eigenvalue weighted by Gasteiger charge is 2.27. The molecule has 2 N–H and O–H groups in total. The molecule has 1 aliphatic rings. The number of nitrogen functional groups attached to an aromatic ring is 1. The molecule has 2 atom stereocenters. The van der Waals surface area contributed by atoms with E-state index >= 15 is 0 Å². The summed E-state index contributed by atoms with van der Waals surface area (Å²) in [4.78, 5) is 13.7. The number of nitrogens with two attached hydrogens (primary N) is 1. The van der Waals surface area contributed by atoms with E-state index in [1.54, 1.807) is 0 Å². The number of likely N-dealkylation sites (N-methyl/N-ethyl adjacent to an activating group) is 1. The number of aromatic nitrogens is 2. The lowest BCUT2D eigenvalue weighted by molar-refractivity contribution is 0.169. The summed E-state index contributed by atoms with van der Waals surface area (Å²) in [5, 5.41) is 0. The standard InChI is InChI=1S/C14H25N5/c1-5-6-13-16-12(15)7-14(17-13)19-8-10(2)18(4)11(3)9-19/h7,10-11H,5-6,8-9H2,1-4H3,(H2,15,16,17). The molecule has 0 spiro atoms. The molecule has 5 nitrogen and oxygen atoms in total. The van der Waals surface area contributed by atoms with Crippen LogP contribution >= 0.6 is 0 Å². The number of rotatable bonds is 3. The van der Waals surface area contributed by atoms with Gasteiger partial charge in [-0.25, -0.2) is 9.97 Å². The predicted molar refractivity (Wildman–Crippen MR) is 79.3 cm³/mol. The average Bonchev–Trinajstić information content (AvgIpc) is 2.35. The van der Waals surface area contributed by atoms with Gasteiger partial charge in [-0.15, -0.1) is 0 Å². The Hall–Kier alpha value is -1.36. The molecular formula is C14H25N5. The van der Waals surface area contributed by atoms with E-state index in [-0.39, 0.29) is 0 Å². The van der Waals surface area contributed by atoms with E-state index < -0.39 is 0 Å². The maximum Gasteiger partial charge on any atom is 0.134 e. The molecule has 19 heavy (non-hydrogen) atoms. The topological polar surface area (TPSA) is 58.3 Å². The van der Waals surface area contributed by atoms with Gasteiger partial charge >= 0.3 is 0 Å². The molecule has 0 saturated carbocycles. The highest BCUT2D eigenvalue weighted by atomic mass is 15.3. The van der Waals surface area contributed by atoms with Gasteiger partial charge in [0.15, 0.2) is 0 Å². The van der Waals surface area contributed by atoms with Gasteiger partial charge in [-0.2, -0.15) is 0 Å². The van der Waals surface area contributed by atoms with E-state index in [0.717, 1.165) is 37.6 Å². The van der Waals surface area contributed by atoms with Crippen molar-refractivity contribution in [3.63, 3.8) is 0 Å². The Kier molecular flexibility index (Phi) is 4.24. The van der Waals surface area contributed by atoms with Gasteiger partial charge in [-0.1, -0.05) is 6.92 Å². The molecule has 1 saturated heterocycles. The first-order chi connectivity index (χ1) is 9.01. The molecule has 0 radical (unpaired) electrons. The van der Waals surface area contributed by atoms with Gasteiger partial charge in [0.2, 0.25) is 0 Å². The van der Waals surface area contributed by atoms with Crippen LogP contribution in [0.25, 0.3) is 0 Å². The van der Waals surface area contributed by atoms with Crippen molar-refractivity contribution in [1.82, 2.24) is 14.9 Å². The van der Waals surface area contributed by atoms with Gasteiger partial charge in [0, 0.05) is 37.7 Å². The minimum Gasteiger partial charge on any atom is -0.384 e. The monoisotopic (exact) mass is 263 g/mol. The first-order valence-corrected chi connectivity index (χ1v) is 7.11. The lowest BCUT2D eigenvalue weighted by Gasteiger charge is -2.43. The van der Waals surface area contributed by atoms with Gasteiger partial charge in [0.25, 0.3) is 0 Å². The summed E-state index contributed by atoms with van der Waals surface area (Å²) >= 11 is 0. The van der Waals surface area contributed by atoms with Gasteiger partial charge < -0.3 is 10.6 Å². The molecule has 0 aromatic carbocycles. The molecule has 2 unspecified atom stereocenters. The Balaban J connectivity index is 2.21. The Bertz CT molecular complexity index is 422. The van der Waals surface area contributed by atoms with E-state index in [9.17, 15) is 0 Å². The Labute approximate surface area is 115 Å². The van der Waals surface area contributed by atoms with Crippen LogP contribution in [-0.4, -0.2) is 47.1 Å². The second-order valence-corrected chi connectivity index (χ2v) is 5.59. The lowest BCUT2D eigenvalue weighted by atomic mass is 10.1. The number of hydrogen-bond donors (Lipinski definition) is 1. The third-order valence-electron chi connectivity index (χ3n) is 3.94. The van der Waals surface area contributed by atoms with Crippen molar-refractivity contribution < 1.29 is 0 Å². The average molecular weight is 263 g/mol. The summed E-state index contributed by atoms with van der Waals surface area (Å²) in [7, 11) is 2.18. The zero-order chi connectivity index (χ0) is 14.0. The van der Waals surface area contributed by atoms with Crippen LogP contribution < -0.4 is 10.6 Å². The number of aryl methyl sites for hydroxylation is 1. The fourth-order valence-corrected chi connectivity index (χ4v) is 2.59. The maximum atomic E-state index is 5.90. The van der Waals surface area contributed by atoms with E-state index in [0.29, 0.717) is 17.9 Å². The van der Waals surface area contributed by atoms with Gasteiger partial charge in [-0.05, 0) is 27.3 Å². The normalized spacial score (nSPS) is 24.7. The number of hydrogen-bond acceptors (Lipinski definition) is 5. The minimum absolute atomic E-state index is 0.523. The van der Waals surface area contributed by atoms with Crippen LogP contribution in [0.4, 0.5) is 11.6 Å². The van der Waals surface area contributed by atoms with Crippen molar-refractivity contribution in [3.05, 3.63) is 11.9 Å². The van der Waals surface area contributed by atoms with Crippen molar-refractivity contribution in [3.8, 4) is 0 Å². The predicted octanol–water partition coefficient (Wildman–Crippen LogP) is 1.54. The van der Waals surface area contributed by atoms with Gasteiger partial charge in [-0.3, -0.25) is 4.90 Å². The summed E-state index contributed by atoms with van der Waals surface area (Å²) in [6.45, 7) is 8.61. The van der Waals surface area contributed by atoms with Crippen LogP contribution in [0.5, 0.6) is 0 Å². The largest absolute Gasteiger partial charge is 0.384 e. The number of anilines is 2. The highest BCUT2D eigenvalue weighted by Crippen LogP contribution is 2.21. The van der Waals surface area contributed by atoms with Crippen LogP contribution in [0.15, 0.2) is 6.07 Å². The summed E-state index contributed by atoms with van der Waals surface area (Å²) < 4.78 is 0. The van der Waals surface area contributed by atoms with E-state index in [2.05, 4.69) is 47.6 Å². The third kappa shape index (κ3) is 3.15. The van der Waals surface area contributed by atoms with Crippen LogP contribution in [-0.2, 0) is 6.42 Å². The summed E-state index contributed by atoms with van der Waals surface area (Å²) in [5.41, 5.74) is 5.90. The summed E-state index contributed by atoms with van der Waals surface area (Å²) in [5.74, 6) is 2.41. The van der Waals surface area contributed by atoms with Crippen LogP contribution in [0, 0.1) is 0 Å². The van der Waals surface area contributed by atoms with Crippen molar-refractivity contribution in [2.75, 3.05) is 30.8 Å². The molecule has 2 rings (SSSR count). The number of nitrogens with zero attached hydrogens (tertiary/aromatic N) is 4. The van der Waals surface area contributed by atoms with Gasteiger partial charge in [0.05, 0.1) is 0 Å². The summed E-state index contributed by atoms with van der Waals surface area (Å²) in [6.07, 6.45) is 1.93. The Morgan fingerprint density at radius 3 is 2.47 bits per heavy atom. The molecule has 1 aliphatic heterocycles. The first kappa shape index (κ1) is 14.1. The van der Waals surface area contributed by atoms with E-state index in [1.165, 1.54) is 0 Å². The molecule has 5 heteroatoms. The van der Waals surface area contributed by atoms with Crippen LogP contribution in [0.3, 0.4) is 0 Å². The van der Waals surface area contributed by atoms with Crippen molar-refractivity contribution in [2.45, 2.75) is 45.7 Å². The fraction of sp³-hybridized carbons (Fsp3) is 0.714. The maximum absolute atomic E-state index is 5.90. The Morgan fingerprint density at radius 2 is 1.89 bits per heavy atom. The van der Waals surface area contributed by atoms with Crippen LogP contribution in [0.1, 0.15) is 33.0 Å². The second-order valence-electron chi connectivity index (χ2n) is 5.59. The van der Waals surface area contributed by atoms with E-state index in [4.69, 9.17) is 5.73 Å². The van der Waals surface area contributed by atoms with Crippen molar-refractivity contribution >= 4 is 11.6 Å². The molecule has 0 aliphatic carbocycles. The molecule has 2 heterocycles. The summed E-state index contributed by atoms with van der Waals surface area (Å²) in [6, 6.07) is 2.94. The van der Waals surface area contributed by atoms with Crippen molar-refractivity contribution in [2.24, 2.45) is 0 Å². The SMILES string of the molecule is CCCc1nc(N)cc(N2CC(C)N(C)C(C)C2)n1. The second kappa shape index (κ2) is 5.74. The smallest absolute Gasteiger partial charge is 0.134 e. The van der Waals surface area contributed by atoms with Crippen molar-refractivity contribution in [1.29, 1.82) is 0 Å². The molecule has 1 aromatic heterocycles. The highest BCUT2D eigenvalue weighted by molar-refractivity contribution is 5.47. The Morgan fingerprint density at radius 1 is 1.26 bits per heavy atom. The molecule has 1 aromatic rings. The quantitative estimate of drug-likeness (QED) is 0.896. The molecule has 0 amide bonds. The zero-order valence-electron chi connectivity index (χ0n) is 12.4. The lowest BCUT2D eigenvalue weighted by Crippen LogP contribution is -2.55. The third-order valence-corrected chi connectivity index (χ3v) is 3.94. The number of piperazine rings is 1. The van der Waals surface area contributed by atoms with E-state index in [1.807, 2.05) is 6.07 Å². The molecule has 106 valence electrons. The fourth-order valence-electron chi connectivity index (χ4n) is 2.59. The zero-order valence-corrected chi connectivity index (χ0v) is 12.4.